The number of carbonyl (C=O) groups is 1. The molecule has 0 heterocycles. The first-order valence-electron chi connectivity index (χ1n) is 2.07. The van der Waals surface area contributed by atoms with Crippen LogP contribution in [0.25, 0.3) is 0 Å². The second-order valence-corrected chi connectivity index (χ2v) is 1.18. The predicted molar refractivity (Wildman–Crippen MR) is 27.6 cm³/mol. The smallest absolute Gasteiger partial charge is 0.132 e. The predicted octanol–water partition coefficient (Wildman–Crippen LogP) is -0.0248. The largest absolute Gasteiger partial charge is 0.396 e. The van der Waals surface area contributed by atoms with Crippen molar-refractivity contribution in [2.45, 2.75) is 13.3 Å². The Kier molecular flexibility index (Phi) is 12.8. The maximum atomic E-state index is 9.88. The van der Waals surface area contributed by atoms with Crippen molar-refractivity contribution in [1.29, 1.82) is 0 Å². The zero-order valence-electron chi connectivity index (χ0n) is 4.66. The SMILES string of the molecule is CC(=O)CCO.OO. The molecule has 0 aromatic rings. The molecule has 50 valence electrons. The molecule has 0 amide bonds. The number of aliphatic hydroxyl groups excluding tert-OH is 1. The van der Waals surface area contributed by atoms with Gasteiger partial charge in [-0.15, -0.1) is 0 Å². The molecular weight excluding hydrogens is 112 g/mol. The molecule has 0 unspecified atom stereocenters. The van der Waals surface area contributed by atoms with Crippen molar-refractivity contribution in [2.75, 3.05) is 6.61 Å². The number of hydrogen-bond acceptors (Lipinski definition) is 4. The van der Waals surface area contributed by atoms with Crippen LogP contribution in [0.4, 0.5) is 0 Å². The van der Waals surface area contributed by atoms with Crippen LogP contribution < -0.4 is 0 Å². The van der Waals surface area contributed by atoms with Crippen LogP contribution in [-0.4, -0.2) is 28.0 Å². The molecule has 0 atom stereocenters. The van der Waals surface area contributed by atoms with E-state index in [-0.39, 0.29) is 12.4 Å². The Morgan fingerprint density at radius 2 is 1.88 bits per heavy atom. The Morgan fingerprint density at radius 3 is 1.88 bits per heavy atom. The molecule has 8 heavy (non-hydrogen) atoms. The van der Waals surface area contributed by atoms with Crippen LogP contribution in [0.1, 0.15) is 13.3 Å². The van der Waals surface area contributed by atoms with Crippen molar-refractivity contribution >= 4 is 5.78 Å². The van der Waals surface area contributed by atoms with Crippen molar-refractivity contribution in [2.24, 2.45) is 0 Å². The van der Waals surface area contributed by atoms with E-state index in [0.29, 0.717) is 6.42 Å². The molecule has 0 rings (SSSR count). The summed E-state index contributed by atoms with van der Waals surface area (Å²) in [4.78, 5) is 9.88. The first-order valence-corrected chi connectivity index (χ1v) is 2.07. The van der Waals surface area contributed by atoms with Crippen LogP contribution in [-0.2, 0) is 4.79 Å². The Balaban J connectivity index is 0. The highest BCUT2D eigenvalue weighted by Crippen LogP contribution is 1.74. The van der Waals surface area contributed by atoms with Gasteiger partial charge in [-0.2, -0.15) is 0 Å². The van der Waals surface area contributed by atoms with Crippen molar-refractivity contribution in [1.82, 2.24) is 0 Å². The molecule has 0 fully saturated rings. The van der Waals surface area contributed by atoms with E-state index in [1.165, 1.54) is 6.92 Å². The number of carbonyl (C=O) groups excluding carboxylic acids is 1. The summed E-state index contributed by atoms with van der Waals surface area (Å²) in [5, 5.41) is 20.0. The Bertz CT molecular complexity index is 52.0. The summed E-state index contributed by atoms with van der Waals surface area (Å²) >= 11 is 0. The molecule has 0 aliphatic heterocycles. The van der Waals surface area contributed by atoms with Crippen molar-refractivity contribution in [3.63, 3.8) is 0 Å². The van der Waals surface area contributed by atoms with E-state index in [2.05, 4.69) is 0 Å². The lowest BCUT2D eigenvalue weighted by molar-refractivity contribution is -0.176. The van der Waals surface area contributed by atoms with E-state index in [1.807, 2.05) is 0 Å². The molecule has 0 saturated carbocycles. The van der Waals surface area contributed by atoms with E-state index in [9.17, 15) is 4.79 Å². The third kappa shape index (κ3) is 17.7. The molecule has 0 bridgehead atoms. The van der Waals surface area contributed by atoms with Gasteiger partial charge in [0.05, 0.1) is 0 Å². The second kappa shape index (κ2) is 9.75. The quantitative estimate of drug-likeness (QED) is 0.355. The minimum atomic E-state index is -0.0185. The van der Waals surface area contributed by atoms with Crippen molar-refractivity contribution in [3.05, 3.63) is 0 Å². The molecule has 0 aliphatic carbocycles. The number of hydrogen-bond donors (Lipinski definition) is 3. The average molecular weight is 122 g/mol. The third-order valence-electron chi connectivity index (χ3n) is 0.464. The van der Waals surface area contributed by atoms with Crippen molar-refractivity contribution in [3.8, 4) is 0 Å². The minimum absolute atomic E-state index is 0.0185. The monoisotopic (exact) mass is 122 g/mol. The standard InChI is InChI=1S/C4H8O2.H2O2/c1-4(6)2-3-5;1-2/h5H,2-3H2,1H3;1-2H. The molecule has 3 N–H and O–H groups in total. The average Bonchev–Trinajstić information content (AvgIpc) is 1.72. The lowest BCUT2D eigenvalue weighted by Crippen LogP contribution is -1.92. The van der Waals surface area contributed by atoms with E-state index in [0.717, 1.165) is 0 Å². The van der Waals surface area contributed by atoms with Gasteiger partial charge in [-0.3, -0.25) is 15.3 Å². The molecule has 0 radical (unpaired) electrons. The first kappa shape index (κ1) is 10.5. The van der Waals surface area contributed by atoms with Gasteiger partial charge in [-0.05, 0) is 6.92 Å². The van der Waals surface area contributed by atoms with Crippen molar-refractivity contribution < 1.29 is 20.4 Å². The van der Waals surface area contributed by atoms with Gasteiger partial charge in [0.15, 0.2) is 0 Å². The summed E-state index contributed by atoms with van der Waals surface area (Å²) in [5.41, 5.74) is 0. The zero-order chi connectivity index (χ0) is 6.99. The topological polar surface area (TPSA) is 77.8 Å². The van der Waals surface area contributed by atoms with Crippen LogP contribution in [0, 0.1) is 0 Å². The molecular formula is C4H10O4. The van der Waals surface area contributed by atoms with Gasteiger partial charge in [0.2, 0.25) is 0 Å². The van der Waals surface area contributed by atoms with Gasteiger partial charge in [-0.25, -0.2) is 0 Å². The molecule has 0 spiro atoms. The van der Waals surface area contributed by atoms with E-state index < -0.39 is 0 Å². The van der Waals surface area contributed by atoms with Gasteiger partial charge in [0.25, 0.3) is 0 Å². The van der Waals surface area contributed by atoms with E-state index in [1.54, 1.807) is 0 Å². The van der Waals surface area contributed by atoms with Gasteiger partial charge in [-0.1, -0.05) is 0 Å². The van der Waals surface area contributed by atoms with Crippen LogP contribution in [0.2, 0.25) is 0 Å². The summed E-state index contributed by atoms with van der Waals surface area (Å²) in [7, 11) is 0. The fourth-order valence-electron chi connectivity index (χ4n) is 0.157. The Morgan fingerprint density at radius 1 is 1.50 bits per heavy atom. The lowest BCUT2D eigenvalue weighted by Gasteiger charge is -1.80. The summed E-state index contributed by atoms with van der Waals surface area (Å²) in [6, 6.07) is 0. The van der Waals surface area contributed by atoms with Crippen LogP contribution >= 0.6 is 0 Å². The normalized spacial score (nSPS) is 7.00. The molecule has 4 heteroatoms. The fourth-order valence-corrected chi connectivity index (χ4v) is 0.157. The van der Waals surface area contributed by atoms with E-state index >= 15 is 0 Å². The third-order valence-corrected chi connectivity index (χ3v) is 0.464. The molecule has 4 nitrogen and oxygen atoms in total. The summed E-state index contributed by atoms with van der Waals surface area (Å²) in [6.45, 7) is 1.44. The van der Waals surface area contributed by atoms with Gasteiger partial charge in [0.1, 0.15) is 5.78 Å². The number of Topliss-reactive ketones (excluding diaryl/α,β-unsaturated/α-hetero) is 1. The van der Waals surface area contributed by atoms with Gasteiger partial charge < -0.3 is 5.11 Å². The molecule has 0 aliphatic rings. The minimum Gasteiger partial charge on any atom is -0.396 e. The zero-order valence-corrected chi connectivity index (χ0v) is 4.66. The summed E-state index contributed by atoms with van der Waals surface area (Å²) in [5.74, 6) is 0.0394. The molecule has 0 aromatic heterocycles. The number of ketones is 1. The second-order valence-electron chi connectivity index (χ2n) is 1.18. The Hall–Kier alpha value is -0.450. The molecule has 0 saturated heterocycles. The van der Waals surface area contributed by atoms with Crippen LogP contribution in [0.15, 0.2) is 0 Å². The van der Waals surface area contributed by atoms with Crippen LogP contribution in [0.3, 0.4) is 0 Å². The van der Waals surface area contributed by atoms with Gasteiger partial charge in [0, 0.05) is 13.0 Å². The fraction of sp³-hybridized carbons (Fsp3) is 0.750. The summed E-state index contributed by atoms with van der Waals surface area (Å²) in [6.07, 6.45) is 0.292. The Labute approximate surface area is 47.3 Å². The lowest BCUT2D eigenvalue weighted by atomic mass is 10.3. The van der Waals surface area contributed by atoms with Crippen LogP contribution in [0.5, 0.6) is 0 Å². The highest BCUT2D eigenvalue weighted by molar-refractivity contribution is 5.75. The number of rotatable bonds is 2. The van der Waals surface area contributed by atoms with E-state index in [4.69, 9.17) is 15.6 Å². The number of aliphatic hydroxyl groups is 1. The maximum absolute atomic E-state index is 9.88. The maximum Gasteiger partial charge on any atom is 0.132 e. The highest BCUT2D eigenvalue weighted by atomic mass is 17.0. The first-order chi connectivity index (χ1) is 3.77. The highest BCUT2D eigenvalue weighted by Gasteiger charge is 1.84. The van der Waals surface area contributed by atoms with Gasteiger partial charge >= 0.3 is 0 Å². The molecule has 0 aromatic carbocycles. The summed E-state index contributed by atoms with van der Waals surface area (Å²) < 4.78 is 0.